The van der Waals surface area contributed by atoms with Gasteiger partial charge < -0.3 is 10.1 Å². The Hall–Kier alpha value is -1.77. The van der Waals surface area contributed by atoms with Crippen LogP contribution in [0.5, 0.6) is 0 Å². The molecule has 3 nitrogen and oxygen atoms in total. The average Bonchev–Trinajstić information content (AvgIpc) is 2.72. The fourth-order valence-electron chi connectivity index (χ4n) is 2.23. The number of hydrogen-bond donors (Lipinski definition) is 2. The largest absolute Gasteiger partial charge is 0.481 e. The topological polar surface area (TPSA) is 53.1 Å². The van der Waals surface area contributed by atoms with E-state index in [0.717, 1.165) is 29.3 Å². The smallest absolute Gasteiger partial charge is 0.306 e. The number of carboxylic acid groups (broad SMARTS) is 1. The lowest BCUT2D eigenvalue weighted by molar-refractivity contribution is -0.141. The number of aliphatic carboxylic acids is 1. The van der Waals surface area contributed by atoms with Crippen molar-refractivity contribution >= 4 is 16.9 Å². The predicted molar refractivity (Wildman–Crippen MR) is 68.0 cm³/mol. The zero-order valence-corrected chi connectivity index (χ0v) is 9.94. The van der Waals surface area contributed by atoms with Crippen LogP contribution in [0.15, 0.2) is 30.5 Å². The number of H-pyrrole nitrogens is 1. The molecule has 3 heteroatoms. The van der Waals surface area contributed by atoms with Crippen LogP contribution in [0.2, 0.25) is 0 Å². The van der Waals surface area contributed by atoms with Gasteiger partial charge in [-0.05, 0) is 24.5 Å². The highest BCUT2D eigenvalue weighted by molar-refractivity contribution is 5.83. The first-order chi connectivity index (χ1) is 8.22. The van der Waals surface area contributed by atoms with Crippen molar-refractivity contribution in [3.05, 3.63) is 36.0 Å². The molecule has 1 aromatic carbocycles. The van der Waals surface area contributed by atoms with Crippen LogP contribution in [0, 0.1) is 5.92 Å². The van der Waals surface area contributed by atoms with Crippen molar-refractivity contribution < 1.29 is 9.90 Å². The summed E-state index contributed by atoms with van der Waals surface area (Å²) in [7, 11) is 0. The number of fused-ring (bicyclic) bond motifs is 1. The van der Waals surface area contributed by atoms with Gasteiger partial charge in [-0.2, -0.15) is 0 Å². The molecule has 90 valence electrons. The Morgan fingerprint density at radius 2 is 2.18 bits per heavy atom. The number of aromatic amines is 1. The average molecular weight is 231 g/mol. The Morgan fingerprint density at radius 1 is 1.41 bits per heavy atom. The lowest BCUT2D eigenvalue weighted by Crippen LogP contribution is -2.15. The SMILES string of the molecule is CCCC(Cc1c[nH]c2ccccc12)C(=O)O. The zero-order valence-electron chi connectivity index (χ0n) is 9.94. The number of carboxylic acids is 1. The molecule has 0 saturated carbocycles. The highest BCUT2D eigenvalue weighted by atomic mass is 16.4. The first kappa shape index (κ1) is 11.7. The molecule has 2 N–H and O–H groups in total. The molecule has 1 aromatic heterocycles. The Morgan fingerprint density at radius 3 is 2.88 bits per heavy atom. The summed E-state index contributed by atoms with van der Waals surface area (Å²) in [5.74, 6) is -0.976. The van der Waals surface area contributed by atoms with Crippen LogP contribution in [0.1, 0.15) is 25.3 Å². The Kier molecular flexibility index (Phi) is 3.47. The maximum Gasteiger partial charge on any atom is 0.306 e. The van der Waals surface area contributed by atoms with Crippen molar-refractivity contribution in [1.29, 1.82) is 0 Å². The highest BCUT2D eigenvalue weighted by Gasteiger charge is 2.18. The lowest BCUT2D eigenvalue weighted by Gasteiger charge is -2.10. The summed E-state index contributed by atoms with van der Waals surface area (Å²) in [6.45, 7) is 2.02. The quantitative estimate of drug-likeness (QED) is 0.830. The van der Waals surface area contributed by atoms with Gasteiger partial charge in [-0.25, -0.2) is 0 Å². The summed E-state index contributed by atoms with van der Waals surface area (Å²) in [6.07, 6.45) is 4.16. The minimum atomic E-state index is -0.697. The molecule has 1 atom stereocenters. The number of hydrogen-bond acceptors (Lipinski definition) is 1. The minimum Gasteiger partial charge on any atom is -0.481 e. The second-order valence-corrected chi connectivity index (χ2v) is 4.39. The molecule has 0 fully saturated rings. The lowest BCUT2D eigenvalue weighted by atomic mass is 9.95. The fraction of sp³-hybridized carbons (Fsp3) is 0.357. The van der Waals surface area contributed by atoms with E-state index in [1.54, 1.807) is 0 Å². The van der Waals surface area contributed by atoms with E-state index in [4.69, 9.17) is 5.11 Å². The van der Waals surface area contributed by atoms with Crippen LogP contribution < -0.4 is 0 Å². The van der Waals surface area contributed by atoms with Gasteiger partial charge in [0.2, 0.25) is 0 Å². The van der Waals surface area contributed by atoms with Crippen LogP contribution >= 0.6 is 0 Å². The van der Waals surface area contributed by atoms with Crippen molar-refractivity contribution in [2.45, 2.75) is 26.2 Å². The molecule has 0 aliphatic rings. The maximum atomic E-state index is 11.1. The molecule has 2 rings (SSSR count). The van der Waals surface area contributed by atoms with Crippen LogP contribution in [0.3, 0.4) is 0 Å². The predicted octanol–water partition coefficient (Wildman–Crippen LogP) is 3.21. The molecular weight excluding hydrogens is 214 g/mol. The summed E-state index contributed by atoms with van der Waals surface area (Å²) in [5.41, 5.74) is 2.17. The first-order valence-electron chi connectivity index (χ1n) is 6.00. The second kappa shape index (κ2) is 5.04. The van der Waals surface area contributed by atoms with Gasteiger partial charge in [0.05, 0.1) is 5.92 Å². The molecule has 2 aromatic rings. The monoisotopic (exact) mass is 231 g/mol. The zero-order chi connectivity index (χ0) is 12.3. The molecule has 0 spiro atoms. The van der Waals surface area contributed by atoms with E-state index < -0.39 is 5.97 Å². The van der Waals surface area contributed by atoms with E-state index >= 15 is 0 Å². The number of carbonyl (C=O) groups is 1. The Labute approximate surface area is 100 Å². The number of benzene rings is 1. The molecule has 0 aliphatic heterocycles. The van der Waals surface area contributed by atoms with Crippen molar-refractivity contribution in [2.24, 2.45) is 5.92 Å². The molecule has 0 radical (unpaired) electrons. The third-order valence-electron chi connectivity index (χ3n) is 3.13. The van der Waals surface area contributed by atoms with Gasteiger partial charge in [-0.1, -0.05) is 31.5 Å². The molecule has 0 saturated heterocycles. The van der Waals surface area contributed by atoms with Crippen molar-refractivity contribution in [3.63, 3.8) is 0 Å². The van der Waals surface area contributed by atoms with E-state index in [-0.39, 0.29) is 5.92 Å². The molecular formula is C14H17NO2. The second-order valence-electron chi connectivity index (χ2n) is 4.39. The third-order valence-corrected chi connectivity index (χ3v) is 3.13. The number of nitrogens with one attached hydrogen (secondary N) is 1. The van der Waals surface area contributed by atoms with Gasteiger partial charge in [0.25, 0.3) is 0 Å². The number of rotatable bonds is 5. The Balaban J connectivity index is 2.25. The molecule has 1 unspecified atom stereocenters. The number of para-hydroxylation sites is 1. The summed E-state index contributed by atoms with van der Waals surface area (Å²) >= 11 is 0. The van der Waals surface area contributed by atoms with Gasteiger partial charge in [0.15, 0.2) is 0 Å². The van der Waals surface area contributed by atoms with E-state index in [9.17, 15) is 4.79 Å². The number of aromatic nitrogens is 1. The molecule has 1 heterocycles. The summed E-state index contributed by atoms with van der Waals surface area (Å²) in [4.78, 5) is 14.3. The Bertz CT molecular complexity index is 516. The third kappa shape index (κ3) is 2.49. The normalized spacial score (nSPS) is 12.8. The van der Waals surface area contributed by atoms with Gasteiger partial charge >= 0.3 is 5.97 Å². The van der Waals surface area contributed by atoms with E-state index in [1.807, 2.05) is 37.4 Å². The van der Waals surface area contributed by atoms with E-state index in [1.165, 1.54) is 0 Å². The minimum absolute atomic E-state index is 0.279. The van der Waals surface area contributed by atoms with Gasteiger partial charge in [0, 0.05) is 17.1 Å². The van der Waals surface area contributed by atoms with Crippen LogP contribution in [0.4, 0.5) is 0 Å². The van der Waals surface area contributed by atoms with Crippen LogP contribution in [-0.4, -0.2) is 16.1 Å². The summed E-state index contributed by atoms with van der Waals surface area (Å²) in [6, 6.07) is 8.00. The maximum absolute atomic E-state index is 11.1. The van der Waals surface area contributed by atoms with Crippen LogP contribution in [0.25, 0.3) is 10.9 Å². The molecule has 0 bridgehead atoms. The summed E-state index contributed by atoms with van der Waals surface area (Å²) in [5, 5.41) is 10.3. The standard InChI is InChI=1S/C14H17NO2/c1-2-5-10(14(16)17)8-11-9-15-13-7-4-3-6-12(11)13/h3-4,6-7,9-10,15H,2,5,8H2,1H3,(H,16,17). The highest BCUT2D eigenvalue weighted by Crippen LogP contribution is 2.22. The van der Waals surface area contributed by atoms with Crippen molar-refractivity contribution in [3.8, 4) is 0 Å². The van der Waals surface area contributed by atoms with Gasteiger partial charge in [0.1, 0.15) is 0 Å². The molecule has 0 aliphatic carbocycles. The molecule has 0 amide bonds. The van der Waals surface area contributed by atoms with Gasteiger partial charge in [-0.15, -0.1) is 0 Å². The first-order valence-corrected chi connectivity index (χ1v) is 6.00. The summed E-state index contributed by atoms with van der Waals surface area (Å²) < 4.78 is 0. The van der Waals surface area contributed by atoms with E-state index in [2.05, 4.69) is 4.98 Å². The van der Waals surface area contributed by atoms with Gasteiger partial charge in [-0.3, -0.25) is 4.79 Å². The van der Waals surface area contributed by atoms with Crippen LogP contribution in [-0.2, 0) is 11.2 Å². The van der Waals surface area contributed by atoms with Crippen molar-refractivity contribution in [1.82, 2.24) is 4.98 Å². The fourth-order valence-corrected chi connectivity index (χ4v) is 2.23. The molecule has 17 heavy (non-hydrogen) atoms. The van der Waals surface area contributed by atoms with Crippen molar-refractivity contribution in [2.75, 3.05) is 0 Å². The van der Waals surface area contributed by atoms with E-state index in [0.29, 0.717) is 6.42 Å².